The fourth-order valence-electron chi connectivity index (χ4n) is 1.96. The molecule has 0 fully saturated rings. The molecular weight excluding hydrogens is 338 g/mol. The van der Waals surface area contributed by atoms with Crippen LogP contribution in [-0.4, -0.2) is 4.98 Å². The molecule has 100 valence electrons. The molecule has 3 aromatic rings. The number of hydrogen-bond acceptors (Lipinski definition) is 2. The first-order chi connectivity index (χ1) is 9.72. The van der Waals surface area contributed by atoms with Gasteiger partial charge in [-0.25, -0.2) is 0 Å². The highest BCUT2D eigenvalue weighted by molar-refractivity contribution is 9.10. The van der Waals surface area contributed by atoms with E-state index in [9.17, 15) is 0 Å². The van der Waals surface area contributed by atoms with Gasteiger partial charge in [0.1, 0.15) is 12.4 Å². The zero-order valence-corrected chi connectivity index (χ0v) is 12.9. The topological polar surface area (TPSA) is 22.1 Å². The van der Waals surface area contributed by atoms with Crippen LogP contribution in [0.2, 0.25) is 5.02 Å². The van der Waals surface area contributed by atoms with Gasteiger partial charge in [-0.2, -0.15) is 0 Å². The van der Waals surface area contributed by atoms with Crippen LogP contribution in [0, 0.1) is 0 Å². The zero-order valence-electron chi connectivity index (χ0n) is 10.5. The number of nitrogens with zero attached hydrogens (tertiary/aromatic N) is 1. The van der Waals surface area contributed by atoms with Crippen LogP contribution in [0.3, 0.4) is 0 Å². The van der Waals surface area contributed by atoms with Gasteiger partial charge in [0.15, 0.2) is 0 Å². The Morgan fingerprint density at radius 1 is 1.10 bits per heavy atom. The third-order valence-electron chi connectivity index (χ3n) is 2.96. The monoisotopic (exact) mass is 347 g/mol. The Hall–Kier alpha value is -1.58. The summed E-state index contributed by atoms with van der Waals surface area (Å²) in [6.45, 7) is 0.473. The highest BCUT2D eigenvalue weighted by Gasteiger charge is 2.03. The molecule has 2 aromatic carbocycles. The van der Waals surface area contributed by atoms with Gasteiger partial charge >= 0.3 is 0 Å². The number of ether oxygens (including phenoxy) is 1. The Morgan fingerprint density at radius 3 is 2.90 bits per heavy atom. The first kappa shape index (κ1) is 13.4. The number of hydrogen-bond donors (Lipinski definition) is 0. The number of benzene rings is 2. The summed E-state index contributed by atoms with van der Waals surface area (Å²) in [5.41, 5.74) is 2.07. The van der Waals surface area contributed by atoms with Crippen molar-refractivity contribution in [1.29, 1.82) is 0 Å². The minimum Gasteiger partial charge on any atom is -0.487 e. The molecule has 0 radical (unpaired) electrons. The average molecular weight is 349 g/mol. The standard InChI is InChI=1S/C16H11BrClNO/c17-13-4-5-14(18)16(9-13)20-10-11-3-6-15-12(8-11)2-1-7-19-15/h1-9H,10H2. The number of aromatic nitrogens is 1. The summed E-state index contributed by atoms with van der Waals surface area (Å²) < 4.78 is 6.71. The molecule has 0 saturated heterocycles. The number of pyridine rings is 1. The van der Waals surface area contributed by atoms with Gasteiger partial charge in [-0.15, -0.1) is 0 Å². The van der Waals surface area contributed by atoms with Crippen LogP contribution in [0.4, 0.5) is 0 Å². The van der Waals surface area contributed by atoms with Gasteiger partial charge in [-0.1, -0.05) is 39.7 Å². The molecule has 4 heteroatoms. The van der Waals surface area contributed by atoms with Crippen molar-refractivity contribution in [2.45, 2.75) is 6.61 Å². The van der Waals surface area contributed by atoms with E-state index in [2.05, 4.69) is 27.0 Å². The predicted molar refractivity (Wildman–Crippen MR) is 85.2 cm³/mol. The number of halogens is 2. The summed E-state index contributed by atoms with van der Waals surface area (Å²) in [7, 11) is 0. The van der Waals surface area contributed by atoms with Crippen LogP contribution in [0.15, 0.2) is 59.2 Å². The molecule has 3 rings (SSSR count). The largest absolute Gasteiger partial charge is 0.487 e. The molecule has 0 spiro atoms. The number of rotatable bonds is 3. The highest BCUT2D eigenvalue weighted by atomic mass is 79.9. The van der Waals surface area contributed by atoms with Crippen molar-refractivity contribution in [1.82, 2.24) is 4.98 Å². The van der Waals surface area contributed by atoms with Gasteiger partial charge < -0.3 is 4.74 Å². The fourth-order valence-corrected chi connectivity index (χ4v) is 2.48. The maximum Gasteiger partial charge on any atom is 0.139 e. The minimum atomic E-state index is 0.473. The van der Waals surface area contributed by atoms with Crippen LogP contribution in [0.5, 0.6) is 5.75 Å². The van der Waals surface area contributed by atoms with Crippen LogP contribution in [0.1, 0.15) is 5.56 Å². The van der Waals surface area contributed by atoms with Gasteiger partial charge in [0.25, 0.3) is 0 Å². The fraction of sp³-hybridized carbons (Fsp3) is 0.0625. The van der Waals surface area contributed by atoms with E-state index in [0.717, 1.165) is 20.9 Å². The van der Waals surface area contributed by atoms with Gasteiger partial charge in [0, 0.05) is 16.1 Å². The van der Waals surface area contributed by atoms with E-state index in [4.69, 9.17) is 16.3 Å². The summed E-state index contributed by atoms with van der Waals surface area (Å²) in [6, 6.07) is 15.6. The summed E-state index contributed by atoms with van der Waals surface area (Å²) in [5, 5.41) is 1.71. The molecule has 0 N–H and O–H groups in total. The van der Waals surface area contributed by atoms with Gasteiger partial charge in [-0.05, 0) is 42.0 Å². The summed E-state index contributed by atoms with van der Waals surface area (Å²) in [4.78, 5) is 4.30. The van der Waals surface area contributed by atoms with E-state index in [1.807, 2.05) is 42.5 Å². The maximum atomic E-state index is 6.10. The Bertz CT molecular complexity index is 760. The Balaban J connectivity index is 1.81. The van der Waals surface area contributed by atoms with E-state index < -0.39 is 0 Å². The molecule has 0 bridgehead atoms. The zero-order chi connectivity index (χ0) is 13.9. The molecule has 1 heterocycles. The molecule has 0 unspecified atom stereocenters. The van der Waals surface area contributed by atoms with Crippen molar-refractivity contribution in [2.75, 3.05) is 0 Å². The van der Waals surface area contributed by atoms with Crippen molar-refractivity contribution < 1.29 is 4.74 Å². The van der Waals surface area contributed by atoms with Crippen LogP contribution < -0.4 is 4.74 Å². The van der Waals surface area contributed by atoms with Crippen molar-refractivity contribution in [3.8, 4) is 5.75 Å². The molecule has 0 amide bonds. The third-order valence-corrected chi connectivity index (χ3v) is 3.76. The van der Waals surface area contributed by atoms with Crippen LogP contribution in [-0.2, 0) is 6.61 Å². The van der Waals surface area contributed by atoms with Gasteiger partial charge in [0.2, 0.25) is 0 Å². The quantitative estimate of drug-likeness (QED) is 0.646. The molecule has 1 aromatic heterocycles. The molecular formula is C16H11BrClNO. The van der Waals surface area contributed by atoms with E-state index >= 15 is 0 Å². The van der Waals surface area contributed by atoms with E-state index in [-0.39, 0.29) is 0 Å². The normalized spacial score (nSPS) is 10.7. The lowest BCUT2D eigenvalue weighted by Crippen LogP contribution is -1.96. The minimum absolute atomic E-state index is 0.473. The molecule has 0 aliphatic carbocycles. The second-order valence-electron chi connectivity index (χ2n) is 4.39. The Kier molecular flexibility index (Phi) is 3.90. The van der Waals surface area contributed by atoms with Gasteiger partial charge in [-0.3, -0.25) is 4.98 Å². The SMILES string of the molecule is Clc1ccc(Br)cc1OCc1ccc2ncccc2c1. The molecule has 0 saturated carbocycles. The van der Waals surface area contributed by atoms with Crippen molar-refractivity contribution in [3.63, 3.8) is 0 Å². The Morgan fingerprint density at radius 2 is 2.00 bits per heavy atom. The second kappa shape index (κ2) is 5.81. The summed E-state index contributed by atoms with van der Waals surface area (Å²) in [5.74, 6) is 0.673. The second-order valence-corrected chi connectivity index (χ2v) is 5.72. The van der Waals surface area contributed by atoms with E-state index in [1.54, 1.807) is 6.20 Å². The maximum absolute atomic E-state index is 6.10. The predicted octanol–water partition coefficient (Wildman–Crippen LogP) is 5.23. The summed E-state index contributed by atoms with van der Waals surface area (Å²) >= 11 is 9.51. The van der Waals surface area contributed by atoms with Gasteiger partial charge in [0.05, 0.1) is 10.5 Å². The highest BCUT2D eigenvalue weighted by Crippen LogP contribution is 2.28. The van der Waals surface area contributed by atoms with Crippen molar-refractivity contribution in [3.05, 3.63) is 69.8 Å². The van der Waals surface area contributed by atoms with Crippen molar-refractivity contribution in [2.24, 2.45) is 0 Å². The molecule has 0 atom stereocenters. The van der Waals surface area contributed by atoms with E-state index in [0.29, 0.717) is 17.4 Å². The third kappa shape index (κ3) is 2.94. The lowest BCUT2D eigenvalue weighted by Gasteiger charge is -2.09. The van der Waals surface area contributed by atoms with E-state index in [1.165, 1.54) is 0 Å². The van der Waals surface area contributed by atoms with Crippen molar-refractivity contribution >= 4 is 38.4 Å². The first-order valence-corrected chi connectivity index (χ1v) is 7.31. The Labute approximate surface area is 130 Å². The number of fused-ring (bicyclic) bond motifs is 1. The smallest absolute Gasteiger partial charge is 0.139 e. The lowest BCUT2D eigenvalue weighted by atomic mass is 10.1. The van der Waals surface area contributed by atoms with Crippen LogP contribution in [0.25, 0.3) is 10.9 Å². The van der Waals surface area contributed by atoms with Crippen LogP contribution >= 0.6 is 27.5 Å². The molecule has 0 aliphatic rings. The first-order valence-electron chi connectivity index (χ1n) is 6.14. The molecule has 2 nitrogen and oxygen atoms in total. The molecule has 0 aliphatic heterocycles. The average Bonchev–Trinajstić information content (AvgIpc) is 2.48. The summed E-state index contributed by atoms with van der Waals surface area (Å²) in [6.07, 6.45) is 1.79. The molecule has 20 heavy (non-hydrogen) atoms. The lowest BCUT2D eigenvalue weighted by molar-refractivity contribution is 0.306.